The molecule has 2 N–H and O–H groups in total. The Morgan fingerprint density at radius 3 is 1.34 bits per heavy atom. The lowest BCUT2D eigenvalue weighted by Crippen LogP contribution is -2.34. The van der Waals surface area contributed by atoms with Crippen molar-refractivity contribution in [2.75, 3.05) is 43.4 Å². The summed E-state index contributed by atoms with van der Waals surface area (Å²) in [5, 5.41) is 11.0. The lowest BCUT2D eigenvalue weighted by atomic mass is 10.0. The number of nitrogens with zero attached hydrogens (tertiary/aromatic N) is 3. The Morgan fingerprint density at radius 1 is 0.511 bits per heavy atom. The van der Waals surface area contributed by atoms with Gasteiger partial charge in [-0.05, 0) is 61.5 Å². The van der Waals surface area contributed by atoms with Crippen molar-refractivity contribution in [2.45, 2.75) is 110 Å². The van der Waals surface area contributed by atoms with Gasteiger partial charge in [0, 0.05) is 70.8 Å². The van der Waals surface area contributed by atoms with Crippen molar-refractivity contribution >= 4 is 56.4 Å². The highest BCUT2D eigenvalue weighted by atomic mass is 35.5. The molecule has 4 rings (SSSR count). The summed E-state index contributed by atoms with van der Waals surface area (Å²) in [6.07, 6.45) is 26.0. The number of aromatic nitrogens is 2. The van der Waals surface area contributed by atoms with E-state index in [9.17, 15) is 0 Å². The van der Waals surface area contributed by atoms with Crippen LogP contribution in [0.15, 0.2) is 60.9 Å². The predicted molar refractivity (Wildman–Crippen MR) is 206 cm³/mol. The lowest BCUT2D eigenvalue weighted by Gasteiger charge is -2.23. The van der Waals surface area contributed by atoms with Crippen molar-refractivity contribution in [3.63, 3.8) is 0 Å². The van der Waals surface area contributed by atoms with Crippen molar-refractivity contribution < 1.29 is 0 Å². The van der Waals surface area contributed by atoms with Crippen molar-refractivity contribution in [3.05, 3.63) is 71.0 Å². The van der Waals surface area contributed by atoms with Crippen LogP contribution >= 0.6 is 23.2 Å². The van der Waals surface area contributed by atoms with Gasteiger partial charge in [-0.3, -0.25) is 14.9 Å². The second kappa shape index (κ2) is 22.1. The first-order chi connectivity index (χ1) is 23.1. The molecule has 0 radical (unpaired) electrons. The second-order valence-electron chi connectivity index (χ2n) is 13.0. The topological polar surface area (TPSA) is 53.1 Å². The van der Waals surface area contributed by atoms with Gasteiger partial charge in [0.2, 0.25) is 0 Å². The maximum Gasteiger partial charge on any atom is 0.0737 e. The van der Waals surface area contributed by atoms with Crippen LogP contribution in [0.25, 0.3) is 21.8 Å². The molecule has 0 saturated heterocycles. The van der Waals surface area contributed by atoms with Crippen LogP contribution < -0.4 is 10.6 Å². The van der Waals surface area contributed by atoms with Crippen LogP contribution in [0.4, 0.5) is 11.4 Å². The largest absolute Gasteiger partial charge is 0.383 e. The lowest BCUT2D eigenvalue weighted by molar-refractivity contribution is 0.286. The van der Waals surface area contributed by atoms with Gasteiger partial charge in [0.05, 0.1) is 11.0 Å². The van der Waals surface area contributed by atoms with E-state index < -0.39 is 0 Å². The summed E-state index contributed by atoms with van der Waals surface area (Å²) in [5.41, 5.74) is 4.05. The van der Waals surface area contributed by atoms with Gasteiger partial charge in [0.1, 0.15) is 0 Å². The maximum absolute atomic E-state index is 6.21. The highest BCUT2D eigenvalue weighted by Gasteiger charge is 2.08. The Morgan fingerprint density at radius 2 is 0.915 bits per heavy atom. The maximum atomic E-state index is 6.21. The van der Waals surface area contributed by atoms with Gasteiger partial charge in [-0.25, -0.2) is 0 Å². The molecule has 2 heterocycles. The Kier molecular flexibility index (Phi) is 17.5. The number of anilines is 2. The molecule has 4 aromatic rings. The number of fused-ring (bicyclic) bond motifs is 2. The molecule has 0 atom stereocenters. The van der Waals surface area contributed by atoms with Gasteiger partial charge in [-0.15, -0.1) is 0 Å². The standard InChI is InChI=1S/C40H57Cl2N5/c1-2-3-4-5-6-7-8-9-10-11-12-13-14-15-16-17-28-47(29-26-45-37-22-24-43-39-31-33(41)18-20-35(37)39)30-27-46-38-23-25-44-40-32-34(42)19-21-36(38)40/h18-25,31-32H,2-17,26-30H2,1H3,(H,43,45)(H,44,46). The summed E-state index contributed by atoms with van der Waals surface area (Å²) < 4.78 is 0. The van der Waals surface area contributed by atoms with Crippen LogP contribution in [0.2, 0.25) is 10.0 Å². The van der Waals surface area contributed by atoms with Crippen molar-refractivity contribution in [3.8, 4) is 0 Å². The molecule has 256 valence electrons. The number of rotatable bonds is 25. The van der Waals surface area contributed by atoms with Crippen LogP contribution in [0, 0.1) is 0 Å². The second-order valence-corrected chi connectivity index (χ2v) is 13.9. The number of unbranched alkanes of at least 4 members (excludes halogenated alkanes) is 15. The number of benzene rings is 2. The van der Waals surface area contributed by atoms with Crippen molar-refractivity contribution in [2.24, 2.45) is 0 Å². The summed E-state index contributed by atoms with van der Waals surface area (Å²) in [7, 11) is 0. The molecule has 0 aliphatic carbocycles. The van der Waals surface area contributed by atoms with E-state index in [4.69, 9.17) is 23.2 Å². The highest BCUT2D eigenvalue weighted by Crippen LogP contribution is 2.25. The average molecular weight is 679 g/mol. The zero-order valence-corrected chi connectivity index (χ0v) is 30.2. The van der Waals surface area contributed by atoms with E-state index in [-0.39, 0.29) is 0 Å². The van der Waals surface area contributed by atoms with E-state index in [1.165, 1.54) is 103 Å². The predicted octanol–water partition coefficient (Wildman–Crippen LogP) is 12.2. The Labute approximate surface area is 294 Å². The normalized spacial score (nSPS) is 11.6. The molecule has 5 nitrogen and oxygen atoms in total. The molecule has 0 amide bonds. The van der Waals surface area contributed by atoms with Gasteiger partial charge in [0.15, 0.2) is 0 Å². The number of nitrogens with one attached hydrogen (secondary N) is 2. The minimum Gasteiger partial charge on any atom is -0.383 e. The molecule has 7 heteroatoms. The fourth-order valence-electron chi connectivity index (χ4n) is 6.47. The number of hydrogen-bond acceptors (Lipinski definition) is 5. The van der Waals surface area contributed by atoms with E-state index in [1.54, 1.807) is 0 Å². The average Bonchev–Trinajstić information content (AvgIpc) is 3.07. The van der Waals surface area contributed by atoms with Crippen LogP contribution in [0.3, 0.4) is 0 Å². The molecule has 2 aromatic heterocycles. The van der Waals surface area contributed by atoms with Crippen molar-refractivity contribution in [1.82, 2.24) is 14.9 Å². The van der Waals surface area contributed by atoms with E-state index >= 15 is 0 Å². The summed E-state index contributed by atoms with van der Waals surface area (Å²) in [6.45, 7) is 7.10. The van der Waals surface area contributed by atoms with Crippen LogP contribution in [-0.2, 0) is 0 Å². The fourth-order valence-corrected chi connectivity index (χ4v) is 6.80. The zero-order valence-electron chi connectivity index (χ0n) is 28.7. The van der Waals surface area contributed by atoms with Gasteiger partial charge in [-0.1, -0.05) is 126 Å². The third kappa shape index (κ3) is 13.8. The fraction of sp³-hybridized carbons (Fsp3) is 0.550. The molecule has 0 aliphatic rings. The first kappa shape index (κ1) is 37.2. The smallest absolute Gasteiger partial charge is 0.0737 e. The van der Waals surface area contributed by atoms with E-state index in [2.05, 4.69) is 56.7 Å². The molecule has 0 bridgehead atoms. The monoisotopic (exact) mass is 677 g/mol. The molecule has 0 unspecified atom stereocenters. The quantitative estimate of drug-likeness (QED) is 0.0683. The van der Waals surface area contributed by atoms with Crippen LogP contribution in [-0.4, -0.2) is 47.6 Å². The summed E-state index contributed by atoms with van der Waals surface area (Å²) in [6, 6.07) is 15.9. The molecule has 0 aliphatic heterocycles. The summed E-state index contributed by atoms with van der Waals surface area (Å²) in [5.74, 6) is 0. The molecular formula is C40H57Cl2N5. The first-order valence-electron chi connectivity index (χ1n) is 18.4. The van der Waals surface area contributed by atoms with Crippen LogP contribution in [0.5, 0.6) is 0 Å². The summed E-state index contributed by atoms with van der Waals surface area (Å²) >= 11 is 12.4. The molecule has 0 fully saturated rings. The third-order valence-electron chi connectivity index (χ3n) is 9.22. The van der Waals surface area contributed by atoms with Gasteiger partial charge in [0.25, 0.3) is 0 Å². The summed E-state index contributed by atoms with van der Waals surface area (Å²) in [4.78, 5) is 11.6. The molecule has 47 heavy (non-hydrogen) atoms. The van der Waals surface area contributed by atoms with E-state index in [0.717, 1.165) is 65.9 Å². The van der Waals surface area contributed by atoms with Gasteiger partial charge < -0.3 is 10.6 Å². The Bertz CT molecular complexity index is 1350. The number of pyridine rings is 2. The van der Waals surface area contributed by atoms with E-state index in [1.807, 2.05) is 36.7 Å². The minimum atomic E-state index is 0.713. The molecular weight excluding hydrogens is 621 g/mol. The number of halogens is 2. The zero-order chi connectivity index (χ0) is 32.9. The SMILES string of the molecule is CCCCCCCCCCCCCCCCCCN(CCNc1ccnc2cc(Cl)ccc12)CCNc1ccnc2cc(Cl)ccc12. The van der Waals surface area contributed by atoms with Gasteiger partial charge >= 0.3 is 0 Å². The highest BCUT2D eigenvalue weighted by molar-refractivity contribution is 6.31. The Hall–Kier alpha value is -2.60. The molecule has 0 saturated carbocycles. The first-order valence-corrected chi connectivity index (χ1v) is 19.2. The molecule has 0 spiro atoms. The minimum absolute atomic E-state index is 0.713. The number of hydrogen-bond donors (Lipinski definition) is 2. The molecule has 2 aromatic carbocycles. The van der Waals surface area contributed by atoms with E-state index in [0.29, 0.717) is 10.0 Å². The Balaban J connectivity index is 1.16. The van der Waals surface area contributed by atoms with Crippen LogP contribution in [0.1, 0.15) is 110 Å². The third-order valence-corrected chi connectivity index (χ3v) is 9.69. The van der Waals surface area contributed by atoms with Crippen molar-refractivity contribution in [1.29, 1.82) is 0 Å². The van der Waals surface area contributed by atoms with Gasteiger partial charge in [-0.2, -0.15) is 0 Å².